The van der Waals surface area contributed by atoms with Crippen LogP contribution in [0.1, 0.15) is 30.7 Å². The molecule has 1 aromatic rings. The molecule has 57 valence electrons. The summed E-state index contributed by atoms with van der Waals surface area (Å²) in [6.45, 7) is 0. The first-order valence-electron chi connectivity index (χ1n) is 4.14. The Morgan fingerprint density at radius 1 is 1.18 bits per heavy atom. The Hall–Kier alpha value is -0.980. The third-order valence-electron chi connectivity index (χ3n) is 2.46. The van der Waals surface area contributed by atoms with Crippen molar-refractivity contribution >= 4 is 0 Å². The maximum atomic E-state index is 11.3. The second kappa shape index (κ2) is 2.57. The summed E-state index contributed by atoms with van der Waals surface area (Å²) in [4.78, 5) is 0. The van der Waals surface area contributed by atoms with Gasteiger partial charge in [0.25, 0.3) is 0 Å². The van der Waals surface area contributed by atoms with Crippen LogP contribution in [0.4, 0.5) is 0 Å². The molecule has 0 amide bonds. The number of hydrogen-bond acceptors (Lipinski definition) is 0. The van der Waals surface area contributed by atoms with E-state index < -0.39 is 0 Å². The molecule has 2 rings (SSSR count). The summed E-state index contributed by atoms with van der Waals surface area (Å²) in [5.41, 5.74) is 1.03. The fourth-order valence-corrected chi connectivity index (χ4v) is 1.54. The van der Waals surface area contributed by atoms with Crippen molar-refractivity contribution in [2.45, 2.75) is 25.2 Å². The maximum absolute atomic E-state index is 11.3. The van der Waals surface area contributed by atoms with Gasteiger partial charge in [-0.3, -0.25) is 5.11 Å². The van der Waals surface area contributed by atoms with Crippen LogP contribution in [-0.4, -0.2) is 0 Å². The van der Waals surface area contributed by atoms with Crippen molar-refractivity contribution in [3.8, 4) is 5.75 Å². The molecule has 1 aliphatic carbocycles. The lowest BCUT2D eigenvalue weighted by Gasteiger charge is -2.25. The second-order valence-corrected chi connectivity index (χ2v) is 3.17. The molecule has 1 radical (unpaired) electrons. The van der Waals surface area contributed by atoms with Crippen LogP contribution in [0.25, 0.3) is 0 Å². The number of para-hydroxylation sites is 1. The van der Waals surface area contributed by atoms with Gasteiger partial charge in [-0.2, -0.15) is 0 Å². The van der Waals surface area contributed by atoms with Gasteiger partial charge in [0.1, 0.15) is 0 Å². The van der Waals surface area contributed by atoms with E-state index in [2.05, 4.69) is 0 Å². The molecule has 1 heteroatoms. The van der Waals surface area contributed by atoms with E-state index in [1.165, 1.54) is 19.3 Å². The lowest BCUT2D eigenvalue weighted by molar-refractivity contribution is 0.331. The van der Waals surface area contributed by atoms with Crippen LogP contribution in [-0.2, 0) is 5.11 Å². The SMILES string of the molecule is [O]c1ccccc1C1CCC1. The summed E-state index contributed by atoms with van der Waals surface area (Å²) in [5, 5.41) is 11.3. The molecule has 0 aliphatic heterocycles. The van der Waals surface area contributed by atoms with Crippen molar-refractivity contribution in [2.75, 3.05) is 0 Å². The Labute approximate surface area is 66.7 Å². The zero-order valence-corrected chi connectivity index (χ0v) is 6.42. The fourth-order valence-electron chi connectivity index (χ4n) is 1.54. The number of hydrogen-bond donors (Lipinski definition) is 0. The first-order valence-corrected chi connectivity index (χ1v) is 4.14. The van der Waals surface area contributed by atoms with Crippen molar-refractivity contribution in [3.05, 3.63) is 29.8 Å². The Bertz CT molecular complexity index is 251. The van der Waals surface area contributed by atoms with E-state index in [9.17, 15) is 5.11 Å². The van der Waals surface area contributed by atoms with Crippen molar-refractivity contribution in [1.82, 2.24) is 0 Å². The third-order valence-corrected chi connectivity index (χ3v) is 2.46. The summed E-state index contributed by atoms with van der Waals surface area (Å²) < 4.78 is 0. The number of benzene rings is 1. The van der Waals surface area contributed by atoms with E-state index in [1.54, 1.807) is 6.07 Å². The standard InChI is InChI=1S/C10H11O/c11-10-7-2-1-6-9(10)8-4-3-5-8/h1-2,6-8H,3-5H2. The maximum Gasteiger partial charge on any atom is 0.182 e. The average molecular weight is 147 g/mol. The smallest absolute Gasteiger partial charge is 0.182 e. The van der Waals surface area contributed by atoms with Gasteiger partial charge >= 0.3 is 0 Å². The molecule has 0 saturated heterocycles. The molecule has 0 unspecified atom stereocenters. The molecular formula is C10H11O. The molecule has 1 aliphatic rings. The van der Waals surface area contributed by atoms with Crippen molar-refractivity contribution in [3.63, 3.8) is 0 Å². The van der Waals surface area contributed by atoms with E-state index in [1.807, 2.05) is 18.2 Å². The third kappa shape index (κ3) is 1.11. The second-order valence-electron chi connectivity index (χ2n) is 3.17. The summed E-state index contributed by atoms with van der Waals surface area (Å²) in [7, 11) is 0. The molecule has 0 aromatic heterocycles. The lowest BCUT2D eigenvalue weighted by atomic mass is 9.80. The van der Waals surface area contributed by atoms with Gasteiger partial charge in [-0.15, -0.1) is 0 Å². The van der Waals surface area contributed by atoms with E-state index >= 15 is 0 Å². The zero-order chi connectivity index (χ0) is 7.68. The van der Waals surface area contributed by atoms with Gasteiger partial charge in [0.2, 0.25) is 0 Å². The number of rotatable bonds is 1. The molecule has 0 bridgehead atoms. The topological polar surface area (TPSA) is 19.9 Å². The first-order chi connectivity index (χ1) is 5.38. The van der Waals surface area contributed by atoms with Gasteiger partial charge in [0, 0.05) is 5.56 Å². The molecule has 1 aromatic carbocycles. The Balaban J connectivity index is 2.28. The van der Waals surface area contributed by atoms with Gasteiger partial charge in [0.05, 0.1) is 0 Å². The molecule has 0 N–H and O–H groups in total. The van der Waals surface area contributed by atoms with Crippen LogP contribution in [0.15, 0.2) is 24.3 Å². The summed E-state index contributed by atoms with van der Waals surface area (Å²) in [6.07, 6.45) is 3.71. The molecule has 11 heavy (non-hydrogen) atoms. The van der Waals surface area contributed by atoms with E-state index in [-0.39, 0.29) is 5.75 Å². The Morgan fingerprint density at radius 3 is 2.45 bits per heavy atom. The fraction of sp³-hybridized carbons (Fsp3) is 0.400. The van der Waals surface area contributed by atoms with Gasteiger partial charge in [0.15, 0.2) is 5.75 Å². The van der Waals surface area contributed by atoms with Crippen LogP contribution in [0.3, 0.4) is 0 Å². The van der Waals surface area contributed by atoms with E-state index in [0.717, 1.165) is 5.56 Å². The Kier molecular flexibility index (Phi) is 1.57. The van der Waals surface area contributed by atoms with Crippen molar-refractivity contribution in [1.29, 1.82) is 0 Å². The van der Waals surface area contributed by atoms with Gasteiger partial charge in [-0.05, 0) is 24.8 Å². The molecule has 0 heterocycles. The highest BCUT2D eigenvalue weighted by molar-refractivity contribution is 5.35. The summed E-state index contributed by atoms with van der Waals surface area (Å²) in [5.74, 6) is 0.793. The minimum atomic E-state index is 0.220. The first kappa shape index (κ1) is 6.71. The van der Waals surface area contributed by atoms with Crippen LogP contribution in [0.5, 0.6) is 5.75 Å². The predicted octanol–water partition coefficient (Wildman–Crippen LogP) is 3.10. The molecule has 0 spiro atoms. The van der Waals surface area contributed by atoms with Gasteiger partial charge in [-0.25, -0.2) is 0 Å². The normalized spacial score (nSPS) is 17.8. The molecular weight excluding hydrogens is 136 g/mol. The summed E-state index contributed by atoms with van der Waals surface area (Å²) in [6, 6.07) is 7.39. The Morgan fingerprint density at radius 2 is 1.91 bits per heavy atom. The molecule has 1 fully saturated rings. The highest BCUT2D eigenvalue weighted by atomic mass is 16.3. The van der Waals surface area contributed by atoms with Gasteiger partial charge < -0.3 is 0 Å². The monoisotopic (exact) mass is 147 g/mol. The summed E-state index contributed by atoms with van der Waals surface area (Å²) >= 11 is 0. The minimum Gasteiger partial charge on any atom is -0.290 e. The van der Waals surface area contributed by atoms with E-state index in [0.29, 0.717) is 5.92 Å². The molecule has 1 nitrogen and oxygen atoms in total. The van der Waals surface area contributed by atoms with Crippen LogP contribution >= 0.6 is 0 Å². The van der Waals surface area contributed by atoms with Crippen LogP contribution < -0.4 is 0 Å². The van der Waals surface area contributed by atoms with Crippen molar-refractivity contribution in [2.24, 2.45) is 0 Å². The highest BCUT2D eigenvalue weighted by Crippen LogP contribution is 2.40. The molecule has 0 atom stereocenters. The highest BCUT2D eigenvalue weighted by Gasteiger charge is 2.22. The van der Waals surface area contributed by atoms with E-state index in [4.69, 9.17) is 0 Å². The van der Waals surface area contributed by atoms with Crippen LogP contribution in [0, 0.1) is 0 Å². The predicted molar refractivity (Wildman–Crippen MR) is 43.2 cm³/mol. The van der Waals surface area contributed by atoms with Gasteiger partial charge in [-0.1, -0.05) is 24.6 Å². The van der Waals surface area contributed by atoms with Crippen molar-refractivity contribution < 1.29 is 5.11 Å². The average Bonchev–Trinajstić information content (AvgIpc) is 1.90. The molecule has 1 saturated carbocycles. The zero-order valence-electron chi connectivity index (χ0n) is 6.42. The minimum absolute atomic E-state index is 0.220. The van der Waals surface area contributed by atoms with Crippen LogP contribution in [0.2, 0.25) is 0 Å². The lowest BCUT2D eigenvalue weighted by Crippen LogP contribution is -2.08. The quantitative estimate of drug-likeness (QED) is 0.581. The largest absolute Gasteiger partial charge is 0.290 e.